The predicted molar refractivity (Wildman–Crippen MR) is 61.9 cm³/mol. The number of ether oxygens (including phenoxy) is 1. The third-order valence-corrected chi connectivity index (χ3v) is 3.28. The van der Waals surface area contributed by atoms with Gasteiger partial charge in [-0.05, 0) is 36.5 Å². The van der Waals surface area contributed by atoms with Gasteiger partial charge in [0.1, 0.15) is 0 Å². The first kappa shape index (κ1) is 13.4. The van der Waals surface area contributed by atoms with E-state index in [2.05, 4.69) is 0 Å². The normalized spacial score (nSPS) is 22.1. The summed E-state index contributed by atoms with van der Waals surface area (Å²) in [5.41, 5.74) is 6.11. The van der Waals surface area contributed by atoms with Crippen molar-refractivity contribution in [1.29, 1.82) is 0 Å². The standard InChI is InChI=1S/C13H16F3NO/c14-13(15,16)11-3-1-10(2-4-11)12(17)7-9-5-6-18-8-9/h1-4,9,12H,5-8,17H2. The molecule has 1 aliphatic heterocycles. The molecule has 0 aliphatic carbocycles. The highest BCUT2D eigenvalue weighted by molar-refractivity contribution is 5.26. The maximum atomic E-state index is 12.4. The molecule has 0 radical (unpaired) electrons. The minimum absolute atomic E-state index is 0.223. The van der Waals surface area contributed by atoms with Crippen molar-refractivity contribution in [3.8, 4) is 0 Å². The Morgan fingerprint density at radius 2 is 1.94 bits per heavy atom. The molecule has 0 bridgehead atoms. The topological polar surface area (TPSA) is 35.2 Å². The van der Waals surface area contributed by atoms with Gasteiger partial charge >= 0.3 is 6.18 Å². The Labute approximate surface area is 104 Å². The number of benzene rings is 1. The average Bonchev–Trinajstić information content (AvgIpc) is 2.81. The Morgan fingerprint density at radius 1 is 1.28 bits per heavy atom. The van der Waals surface area contributed by atoms with E-state index in [0.29, 0.717) is 12.5 Å². The first-order chi connectivity index (χ1) is 8.47. The summed E-state index contributed by atoms with van der Waals surface area (Å²) >= 11 is 0. The molecule has 0 saturated carbocycles. The Bertz CT molecular complexity index is 382. The summed E-state index contributed by atoms with van der Waals surface area (Å²) in [5.74, 6) is 0.419. The van der Waals surface area contributed by atoms with Crippen molar-refractivity contribution in [3.63, 3.8) is 0 Å². The quantitative estimate of drug-likeness (QED) is 0.905. The van der Waals surface area contributed by atoms with Crippen molar-refractivity contribution in [2.45, 2.75) is 25.1 Å². The molecule has 18 heavy (non-hydrogen) atoms. The third-order valence-electron chi connectivity index (χ3n) is 3.28. The number of nitrogens with two attached hydrogens (primary N) is 1. The lowest BCUT2D eigenvalue weighted by molar-refractivity contribution is -0.137. The summed E-state index contributed by atoms with van der Waals surface area (Å²) in [7, 11) is 0. The smallest absolute Gasteiger partial charge is 0.381 e. The van der Waals surface area contributed by atoms with Gasteiger partial charge in [-0.1, -0.05) is 12.1 Å². The van der Waals surface area contributed by atoms with Crippen molar-refractivity contribution in [1.82, 2.24) is 0 Å². The minimum atomic E-state index is -4.29. The van der Waals surface area contributed by atoms with E-state index in [1.807, 2.05) is 0 Å². The van der Waals surface area contributed by atoms with E-state index in [9.17, 15) is 13.2 Å². The first-order valence-corrected chi connectivity index (χ1v) is 5.97. The van der Waals surface area contributed by atoms with Gasteiger partial charge in [0.05, 0.1) is 5.56 Å². The Hall–Kier alpha value is -1.07. The zero-order valence-corrected chi connectivity index (χ0v) is 9.91. The van der Waals surface area contributed by atoms with Gasteiger partial charge in [-0.25, -0.2) is 0 Å². The molecule has 2 unspecified atom stereocenters. The fraction of sp³-hybridized carbons (Fsp3) is 0.538. The lowest BCUT2D eigenvalue weighted by atomic mass is 9.94. The van der Waals surface area contributed by atoms with Gasteiger partial charge in [-0.15, -0.1) is 0 Å². The van der Waals surface area contributed by atoms with E-state index in [4.69, 9.17) is 10.5 Å². The molecule has 1 aromatic carbocycles. The number of hydrogen-bond acceptors (Lipinski definition) is 2. The minimum Gasteiger partial charge on any atom is -0.381 e. The Morgan fingerprint density at radius 3 is 2.44 bits per heavy atom. The van der Waals surface area contributed by atoms with E-state index >= 15 is 0 Å². The molecule has 2 N–H and O–H groups in total. The first-order valence-electron chi connectivity index (χ1n) is 5.97. The van der Waals surface area contributed by atoms with E-state index in [-0.39, 0.29) is 6.04 Å². The molecular weight excluding hydrogens is 243 g/mol. The van der Waals surface area contributed by atoms with Crippen LogP contribution in [0.5, 0.6) is 0 Å². The van der Waals surface area contributed by atoms with Gasteiger partial charge in [-0.3, -0.25) is 0 Å². The van der Waals surface area contributed by atoms with Gasteiger partial charge in [0.25, 0.3) is 0 Å². The molecule has 2 rings (SSSR count). The fourth-order valence-corrected chi connectivity index (χ4v) is 2.18. The fourth-order valence-electron chi connectivity index (χ4n) is 2.18. The van der Waals surface area contributed by atoms with Crippen molar-refractivity contribution in [3.05, 3.63) is 35.4 Å². The Balaban J connectivity index is 2.00. The zero-order valence-electron chi connectivity index (χ0n) is 9.91. The maximum absolute atomic E-state index is 12.4. The van der Waals surface area contributed by atoms with Crippen LogP contribution in [-0.2, 0) is 10.9 Å². The highest BCUT2D eigenvalue weighted by Gasteiger charge is 2.30. The molecular formula is C13H16F3NO. The van der Waals surface area contributed by atoms with Crippen LogP contribution in [0.25, 0.3) is 0 Å². The second-order valence-corrected chi connectivity index (χ2v) is 4.69. The molecule has 0 spiro atoms. The maximum Gasteiger partial charge on any atom is 0.416 e. The van der Waals surface area contributed by atoms with E-state index in [1.165, 1.54) is 12.1 Å². The number of alkyl halides is 3. The molecule has 5 heteroatoms. The molecule has 100 valence electrons. The van der Waals surface area contributed by atoms with Crippen LogP contribution in [0.2, 0.25) is 0 Å². The summed E-state index contributed by atoms with van der Waals surface area (Å²) in [6.45, 7) is 1.46. The molecule has 1 aromatic rings. The molecule has 1 heterocycles. The van der Waals surface area contributed by atoms with Crippen LogP contribution in [0, 0.1) is 5.92 Å². The lowest BCUT2D eigenvalue weighted by Crippen LogP contribution is -2.16. The molecule has 0 amide bonds. The number of rotatable bonds is 3. The van der Waals surface area contributed by atoms with Crippen LogP contribution in [-0.4, -0.2) is 13.2 Å². The second-order valence-electron chi connectivity index (χ2n) is 4.69. The highest BCUT2D eigenvalue weighted by atomic mass is 19.4. The monoisotopic (exact) mass is 259 g/mol. The molecule has 2 nitrogen and oxygen atoms in total. The van der Waals surface area contributed by atoms with Crippen LogP contribution in [0.15, 0.2) is 24.3 Å². The zero-order chi connectivity index (χ0) is 13.2. The van der Waals surface area contributed by atoms with Gasteiger partial charge in [0, 0.05) is 19.3 Å². The van der Waals surface area contributed by atoms with Gasteiger partial charge < -0.3 is 10.5 Å². The van der Waals surface area contributed by atoms with Gasteiger partial charge in [-0.2, -0.15) is 13.2 Å². The van der Waals surface area contributed by atoms with E-state index in [1.54, 1.807) is 0 Å². The molecule has 1 aliphatic rings. The van der Waals surface area contributed by atoms with E-state index in [0.717, 1.165) is 37.1 Å². The molecule has 1 saturated heterocycles. The lowest BCUT2D eigenvalue weighted by Gasteiger charge is -2.16. The number of hydrogen-bond donors (Lipinski definition) is 1. The van der Waals surface area contributed by atoms with Crippen molar-refractivity contribution in [2.75, 3.05) is 13.2 Å². The number of halogens is 3. The second kappa shape index (κ2) is 5.28. The third kappa shape index (κ3) is 3.23. The van der Waals surface area contributed by atoms with Crippen LogP contribution < -0.4 is 5.73 Å². The van der Waals surface area contributed by atoms with Crippen LogP contribution in [0.4, 0.5) is 13.2 Å². The summed E-state index contributed by atoms with van der Waals surface area (Å²) in [6.07, 6.45) is -2.55. The summed E-state index contributed by atoms with van der Waals surface area (Å²) in [4.78, 5) is 0. The summed E-state index contributed by atoms with van der Waals surface area (Å²) in [5, 5.41) is 0. The van der Waals surface area contributed by atoms with Crippen LogP contribution in [0.3, 0.4) is 0 Å². The van der Waals surface area contributed by atoms with Gasteiger partial charge in [0.15, 0.2) is 0 Å². The van der Waals surface area contributed by atoms with Crippen molar-refractivity contribution < 1.29 is 17.9 Å². The largest absolute Gasteiger partial charge is 0.416 e. The predicted octanol–water partition coefficient (Wildman–Crippen LogP) is 3.13. The summed E-state index contributed by atoms with van der Waals surface area (Å²) in [6, 6.07) is 4.87. The van der Waals surface area contributed by atoms with Crippen LogP contribution in [0.1, 0.15) is 30.0 Å². The Kier molecular flexibility index (Phi) is 3.92. The molecule has 1 fully saturated rings. The highest BCUT2D eigenvalue weighted by Crippen LogP contribution is 2.31. The van der Waals surface area contributed by atoms with Crippen molar-refractivity contribution >= 4 is 0 Å². The van der Waals surface area contributed by atoms with E-state index < -0.39 is 11.7 Å². The molecule has 2 atom stereocenters. The summed E-state index contributed by atoms with van der Waals surface area (Å²) < 4.78 is 42.5. The van der Waals surface area contributed by atoms with Crippen molar-refractivity contribution in [2.24, 2.45) is 11.7 Å². The average molecular weight is 259 g/mol. The van der Waals surface area contributed by atoms with Gasteiger partial charge in [0.2, 0.25) is 0 Å². The molecule has 0 aromatic heterocycles. The SMILES string of the molecule is NC(CC1CCOC1)c1ccc(C(F)(F)F)cc1. The van der Waals surface area contributed by atoms with Crippen LogP contribution >= 0.6 is 0 Å².